The van der Waals surface area contributed by atoms with Crippen LogP contribution in [0.25, 0.3) is 0 Å². The van der Waals surface area contributed by atoms with E-state index in [-0.39, 0.29) is 5.97 Å². The van der Waals surface area contributed by atoms with E-state index in [1.807, 2.05) is 0 Å². The van der Waals surface area contributed by atoms with Crippen molar-refractivity contribution in [3.8, 4) is 0 Å². The molecule has 18 heavy (non-hydrogen) atoms. The van der Waals surface area contributed by atoms with Crippen LogP contribution in [0, 0.1) is 0 Å². The maximum Gasteiger partial charge on any atom is 0.320 e. The largest absolute Gasteiger partial charge is 0.465 e. The highest BCUT2D eigenvalue weighted by atomic mass is 16.5. The number of hydrogen-bond donors (Lipinski definition) is 1. The third-order valence-electron chi connectivity index (χ3n) is 4.07. The Morgan fingerprint density at radius 3 is 3.00 bits per heavy atom. The summed E-state index contributed by atoms with van der Waals surface area (Å²) in [5, 5.41) is 3.56. The number of nitrogens with one attached hydrogen (secondary N) is 1. The zero-order chi connectivity index (χ0) is 12.8. The number of unbranched alkanes of at least 4 members (excludes halogenated alkanes) is 1. The second-order valence-electron chi connectivity index (χ2n) is 5.46. The molecule has 1 N–H and O–H groups in total. The van der Waals surface area contributed by atoms with E-state index in [0.29, 0.717) is 25.2 Å². The summed E-state index contributed by atoms with van der Waals surface area (Å²) in [6, 6.07) is 1.14. The maximum atomic E-state index is 11.7. The lowest BCUT2D eigenvalue weighted by Crippen LogP contribution is -2.46. The van der Waals surface area contributed by atoms with E-state index in [9.17, 15) is 4.79 Å². The van der Waals surface area contributed by atoms with E-state index in [1.54, 1.807) is 0 Å². The van der Waals surface area contributed by atoms with Gasteiger partial charge >= 0.3 is 5.97 Å². The third kappa shape index (κ3) is 3.69. The summed E-state index contributed by atoms with van der Waals surface area (Å²) in [7, 11) is 0. The molecule has 2 aliphatic heterocycles. The first-order chi connectivity index (χ1) is 8.81. The third-order valence-corrected chi connectivity index (χ3v) is 4.07. The fourth-order valence-electron chi connectivity index (χ4n) is 3.09. The van der Waals surface area contributed by atoms with Crippen molar-refractivity contribution in [2.75, 3.05) is 26.2 Å². The monoisotopic (exact) mass is 254 g/mol. The molecule has 0 aromatic heterocycles. The quantitative estimate of drug-likeness (QED) is 0.577. The van der Waals surface area contributed by atoms with Crippen molar-refractivity contribution in [2.45, 2.75) is 57.5 Å². The van der Waals surface area contributed by atoms with Gasteiger partial charge in [0.15, 0.2) is 0 Å². The predicted molar refractivity (Wildman–Crippen MR) is 71.5 cm³/mol. The van der Waals surface area contributed by atoms with Gasteiger partial charge in [-0.3, -0.25) is 9.69 Å². The Bertz CT molecular complexity index is 265. The normalized spacial score (nSPS) is 28.7. The minimum absolute atomic E-state index is 0.0478. The summed E-state index contributed by atoms with van der Waals surface area (Å²) in [6.45, 7) is 5.35. The molecule has 2 aliphatic rings. The molecule has 104 valence electrons. The van der Waals surface area contributed by atoms with Crippen LogP contribution in [0.5, 0.6) is 0 Å². The smallest absolute Gasteiger partial charge is 0.320 e. The van der Waals surface area contributed by atoms with Crippen LogP contribution in [0.3, 0.4) is 0 Å². The predicted octanol–water partition coefficient (Wildman–Crippen LogP) is 1.55. The van der Waals surface area contributed by atoms with Crippen molar-refractivity contribution in [1.29, 1.82) is 0 Å². The summed E-state index contributed by atoms with van der Waals surface area (Å²) in [5.41, 5.74) is 0. The van der Waals surface area contributed by atoms with E-state index >= 15 is 0 Å². The minimum Gasteiger partial charge on any atom is -0.465 e. The van der Waals surface area contributed by atoms with Crippen molar-refractivity contribution in [3.63, 3.8) is 0 Å². The molecular weight excluding hydrogens is 228 g/mol. The standard InChI is InChI=1S/C14H26N2O2/c1-2-3-10-18-14(17)11-16-9-5-7-13(16)12-6-4-8-15-12/h12-13,15H,2-11H2,1H3. The van der Waals surface area contributed by atoms with Gasteiger partial charge in [0, 0.05) is 12.1 Å². The van der Waals surface area contributed by atoms with Gasteiger partial charge in [0.25, 0.3) is 0 Å². The average Bonchev–Trinajstić information content (AvgIpc) is 2.99. The van der Waals surface area contributed by atoms with Crippen LogP contribution >= 0.6 is 0 Å². The Morgan fingerprint density at radius 2 is 2.28 bits per heavy atom. The van der Waals surface area contributed by atoms with Crippen LogP contribution in [0.2, 0.25) is 0 Å². The van der Waals surface area contributed by atoms with Crippen molar-refractivity contribution in [1.82, 2.24) is 10.2 Å². The second kappa shape index (κ2) is 7.10. The molecule has 2 rings (SSSR count). The van der Waals surface area contributed by atoms with Crippen LogP contribution in [0.4, 0.5) is 0 Å². The van der Waals surface area contributed by atoms with E-state index in [2.05, 4.69) is 17.1 Å². The molecule has 4 heteroatoms. The molecule has 4 nitrogen and oxygen atoms in total. The van der Waals surface area contributed by atoms with Crippen molar-refractivity contribution >= 4 is 5.97 Å². The number of rotatable bonds is 6. The fraction of sp³-hybridized carbons (Fsp3) is 0.929. The topological polar surface area (TPSA) is 41.6 Å². The molecule has 2 heterocycles. The summed E-state index contributed by atoms with van der Waals surface area (Å²) in [6.07, 6.45) is 7.01. The summed E-state index contributed by atoms with van der Waals surface area (Å²) < 4.78 is 5.25. The molecular formula is C14H26N2O2. The molecule has 0 amide bonds. The van der Waals surface area contributed by atoms with Crippen molar-refractivity contribution < 1.29 is 9.53 Å². The maximum absolute atomic E-state index is 11.7. The molecule has 0 bridgehead atoms. The number of nitrogens with zero attached hydrogens (tertiary/aromatic N) is 1. The Hall–Kier alpha value is -0.610. The Kier molecular flexibility index (Phi) is 5.45. The fourth-order valence-corrected chi connectivity index (χ4v) is 3.09. The van der Waals surface area contributed by atoms with Crippen molar-refractivity contribution in [2.24, 2.45) is 0 Å². The molecule has 0 radical (unpaired) electrons. The van der Waals surface area contributed by atoms with E-state index in [0.717, 1.165) is 25.9 Å². The highest BCUT2D eigenvalue weighted by Gasteiger charge is 2.34. The van der Waals surface area contributed by atoms with E-state index in [4.69, 9.17) is 4.74 Å². The molecule has 0 spiro atoms. The minimum atomic E-state index is -0.0478. The van der Waals surface area contributed by atoms with Crippen LogP contribution in [0.15, 0.2) is 0 Å². The van der Waals surface area contributed by atoms with E-state index < -0.39 is 0 Å². The molecule has 2 atom stereocenters. The molecule has 2 saturated heterocycles. The van der Waals surface area contributed by atoms with Gasteiger partial charge < -0.3 is 10.1 Å². The van der Waals surface area contributed by atoms with Gasteiger partial charge in [0.1, 0.15) is 0 Å². The van der Waals surface area contributed by atoms with Crippen LogP contribution in [-0.2, 0) is 9.53 Å². The Balaban J connectivity index is 1.74. The molecule has 0 aromatic rings. The SMILES string of the molecule is CCCCOC(=O)CN1CCCC1C1CCCN1. The number of ether oxygens (including phenoxy) is 1. The van der Waals surface area contributed by atoms with Gasteiger partial charge in [-0.15, -0.1) is 0 Å². The highest BCUT2D eigenvalue weighted by Crippen LogP contribution is 2.24. The van der Waals surface area contributed by atoms with Crippen LogP contribution < -0.4 is 5.32 Å². The second-order valence-corrected chi connectivity index (χ2v) is 5.46. The van der Waals surface area contributed by atoms with Gasteiger partial charge in [0.05, 0.1) is 13.2 Å². The van der Waals surface area contributed by atoms with Gasteiger partial charge in [-0.2, -0.15) is 0 Å². The lowest BCUT2D eigenvalue weighted by molar-refractivity contribution is -0.145. The highest BCUT2D eigenvalue weighted by molar-refractivity contribution is 5.71. The van der Waals surface area contributed by atoms with Gasteiger partial charge in [0.2, 0.25) is 0 Å². The molecule has 2 unspecified atom stereocenters. The first-order valence-corrected chi connectivity index (χ1v) is 7.44. The molecule has 0 aliphatic carbocycles. The molecule has 0 aromatic carbocycles. The number of carbonyl (C=O) groups excluding carboxylic acids is 1. The van der Waals surface area contributed by atoms with Crippen LogP contribution in [0.1, 0.15) is 45.4 Å². The van der Waals surface area contributed by atoms with Gasteiger partial charge in [-0.25, -0.2) is 0 Å². The number of hydrogen-bond acceptors (Lipinski definition) is 4. The first-order valence-electron chi connectivity index (χ1n) is 7.44. The lowest BCUT2D eigenvalue weighted by atomic mass is 10.0. The van der Waals surface area contributed by atoms with Gasteiger partial charge in [-0.05, 0) is 45.2 Å². The number of likely N-dealkylation sites (tertiary alicyclic amines) is 1. The van der Waals surface area contributed by atoms with Crippen LogP contribution in [-0.4, -0.2) is 49.2 Å². The summed E-state index contributed by atoms with van der Waals surface area (Å²) in [4.78, 5) is 14.1. The Morgan fingerprint density at radius 1 is 1.39 bits per heavy atom. The lowest BCUT2D eigenvalue weighted by Gasteiger charge is -2.28. The summed E-state index contributed by atoms with van der Waals surface area (Å²) in [5.74, 6) is -0.0478. The number of carbonyl (C=O) groups is 1. The zero-order valence-electron chi connectivity index (χ0n) is 11.5. The molecule has 0 saturated carbocycles. The first kappa shape index (κ1) is 13.8. The molecule has 2 fully saturated rings. The Labute approximate surface area is 110 Å². The number of esters is 1. The summed E-state index contributed by atoms with van der Waals surface area (Å²) >= 11 is 0. The van der Waals surface area contributed by atoms with E-state index in [1.165, 1.54) is 25.7 Å². The average molecular weight is 254 g/mol. The zero-order valence-corrected chi connectivity index (χ0v) is 11.5. The van der Waals surface area contributed by atoms with Gasteiger partial charge in [-0.1, -0.05) is 13.3 Å². The van der Waals surface area contributed by atoms with Crippen molar-refractivity contribution in [3.05, 3.63) is 0 Å².